The summed E-state index contributed by atoms with van der Waals surface area (Å²) < 4.78 is 0.972. The molecule has 5 nitrogen and oxygen atoms in total. The Bertz CT molecular complexity index is 529. The second-order valence-corrected chi connectivity index (χ2v) is 4.33. The molecular weight excluding hydrogens is 282 g/mol. The van der Waals surface area contributed by atoms with Crippen molar-refractivity contribution in [3.05, 3.63) is 40.5 Å². The highest BCUT2D eigenvalue weighted by molar-refractivity contribution is 9.10. The average Bonchev–Trinajstić information content (AvgIpc) is 2.35. The first-order chi connectivity index (χ1) is 8.20. The number of rotatable bonds is 3. The first-order valence-corrected chi connectivity index (χ1v) is 5.82. The molecular formula is C11H12BrN5. The zero-order chi connectivity index (χ0) is 12.3. The number of nitrogens with zero attached hydrogens (tertiary/aromatic N) is 2. The Kier molecular flexibility index (Phi) is 3.55. The predicted octanol–water partition coefficient (Wildman–Crippen LogP) is 2.58. The van der Waals surface area contributed by atoms with Crippen LogP contribution in [0.3, 0.4) is 0 Å². The van der Waals surface area contributed by atoms with E-state index < -0.39 is 0 Å². The van der Waals surface area contributed by atoms with Gasteiger partial charge in [-0.25, -0.2) is 10.8 Å². The minimum atomic E-state index is 0.380. The van der Waals surface area contributed by atoms with Crippen LogP contribution in [0, 0.1) is 6.92 Å². The second-order valence-electron chi connectivity index (χ2n) is 3.47. The van der Waals surface area contributed by atoms with E-state index in [-0.39, 0.29) is 0 Å². The number of para-hydroxylation sites is 1. The standard InChI is InChI=1S/C11H12BrN5/c1-7-6-14-11(17-13)16-10(7)15-9-5-3-2-4-8(9)12/h2-6H,13H2,1H3,(H2,14,15,16,17). The molecule has 0 aliphatic carbocycles. The molecule has 17 heavy (non-hydrogen) atoms. The maximum Gasteiger partial charge on any atom is 0.239 e. The minimum absolute atomic E-state index is 0.380. The van der Waals surface area contributed by atoms with Gasteiger partial charge in [-0.05, 0) is 35.0 Å². The normalized spacial score (nSPS) is 10.1. The van der Waals surface area contributed by atoms with Crippen LogP contribution >= 0.6 is 15.9 Å². The molecule has 0 amide bonds. The number of anilines is 3. The number of hydrogen-bond acceptors (Lipinski definition) is 5. The minimum Gasteiger partial charge on any atom is -0.339 e. The molecule has 88 valence electrons. The molecule has 0 fully saturated rings. The fraction of sp³-hybridized carbons (Fsp3) is 0.0909. The number of halogens is 1. The van der Waals surface area contributed by atoms with Gasteiger partial charge in [-0.3, -0.25) is 5.43 Å². The van der Waals surface area contributed by atoms with E-state index in [0.29, 0.717) is 5.95 Å². The van der Waals surface area contributed by atoms with Crippen molar-refractivity contribution in [2.45, 2.75) is 6.92 Å². The molecule has 0 spiro atoms. The summed E-state index contributed by atoms with van der Waals surface area (Å²) in [5.74, 6) is 6.38. The van der Waals surface area contributed by atoms with E-state index in [4.69, 9.17) is 5.84 Å². The van der Waals surface area contributed by atoms with Gasteiger partial charge in [0.2, 0.25) is 5.95 Å². The van der Waals surface area contributed by atoms with Gasteiger partial charge in [0.05, 0.1) is 5.69 Å². The van der Waals surface area contributed by atoms with Crippen LogP contribution in [0.1, 0.15) is 5.56 Å². The highest BCUT2D eigenvalue weighted by Crippen LogP contribution is 2.25. The summed E-state index contributed by atoms with van der Waals surface area (Å²) in [5.41, 5.74) is 4.31. The molecule has 0 aliphatic rings. The molecule has 0 radical (unpaired) electrons. The van der Waals surface area contributed by atoms with Gasteiger partial charge in [0.15, 0.2) is 0 Å². The lowest BCUT2D eigenvalue weighted by Crippen LogP contribution is -2.11. The zero-order valence-electron chi connectivity index (χ0n) is 9.24. The highest BCUT2D eigenvalue weighted by atomic mass is 79.9. The summed E-state index contributed by atoms with van der Waals surface area (Å²) >= 11 is 3.47. The molecule has 4 N–H and O–H groups in total. The largest absolute Gasteiger partial charge is 0.339 e. The van der Waals surface area contributed by atoms with Crippen LogP contribution < -0.4 is 16.6 Å². The number of aromatic nitrogens is 2. The van der Waals surface area contributed by atoms with E-state index in [1.807, 2.05) is 31.2 Å². The maximum absolute atomic E-state index is 5.28. The fourth-order valence-corrected chi connectivity index (χ4v) is 1.71. The van der Waals surface area contributed by atoms with Crippen LogP contribution in [-0.2, 0) is 0 Å². The molecule has 0 bridgehead atoms. The maximum atomic E-state index is 5.28. The Hall–Kier alpha value is -1.66. The summed E-state index contributed by atoms with van der Waals surface area (Å²) in [6, 6.07) is 7.82. The molecule has 2 rings (SSSR count). The van der Waals surface area contributed by atoms with Crippen molar-refractivity contribution < 1.29 is 0 Å². The summed E-state index contributed by atoms with van der Waals surface area (Å²) in [5, 5.41) is 3.22. The van der Waals surface area contributed by atoms with Crippen molar-refractivity contribution in [2.24, 2.45) is 5.84 Å². The lowest BCUT2D eigenvalue weighted by atomic mass is 10.3. The number of aryl methyl sites for hydroxylation is 1. The molecule has 1 aromatic carbocycles. The zero-order valence-corrected chi connectivity index (χ0v) is 10.8. The van der Waals surface area contributed by atoms with E-state index >= 15 is 0 Å². The van der Waals surface area contributed by atoms with Crippen LogP contribution in [0.4, 0.5) is 17.5 Å². The van der Waals surface area contributed by atoms with Crippen LogP contribution in [0.25, 0.3) is 0 Å². The van der Waals surface area contributed by atoms with Crippen LogP contribution in [-0.4, -0.2) is 9.97 Å². The Labute approximate surface area is 108 Å². The number of hydrazine groups is 1. The number of nitrogens with two attached hydrogens (primary N) is 1. The van der Waals surface area contributed by atoms with E-state index in [2.05, 4.69) is 36.6 Å². The first kappa shape index (κ1) is 11.8. The van der Waals surface area contributed by atoms with E-state index in [1.165, 1.54) is 0 Å². The smallest absolute Gasteiger partial charge is 0.239 e. The van der Waals surface area contributed by atoms with Gasteiger partial charge < -0.3 is 5.32 Å². The Morgan fingerprint density at radius 2 is 2.06 bits per heavy atom. The van der Waals surface area contributed by atoms with Crippen molar-refractivity contribution in [2.75, 3.05) is 10.7 Å². The summed E-state index contributed by atoms with van der Waals surface area (Å²) in [4.78, 5) is 8.27. The molecule has 0 unspecified atom stereocenters. The Morgan fingerprint density at radius 1 is 1.29 bits per heavy atom. The number of hydrogen-bond donors (Lipinski definition) is 3. The topological polar surface area (TPSA) is 75.9 Å². The van der Waals surface area contributed by atoms with Gasteiger partial charge >= 0.3 is 0 Å². The van der Waals surface area contributed by atoms with Gasteiger partial charge in [-0.1, -0.05) is 12.1 Å². The van der Waals surface area contributed by atoms with Crippen molar-refractivity contribution >= 4 is 33.4 Å². The van der Waals surface area contributed by atoms with Gasteiger partial charge in [-0.2, -0.15) is 4.98 Å². The third kappa shape index (κ3) is 2.72. The molecule has 6 heteroatoms. The quantitative estimate of drug-likeness (QED) is 0.599. The van der Waals surface area contributed by atoms with E-state index in [0.717, 1.165) is 21.5 Å². The monoisotopic (exact) mass is 293 g/mol. The number of benzene rings is 1. The van der Waals surface area contributed by atoms with Crippen LogP contribution in [0.15, 0.2) is 34.9 Å². The lowest BCUT2D eigenvalue weighted by Gasteiger charge is -2.10. The fourth-order valence-electron chi connectivity index (χ4n) is 1.33. The van der Waals surface area contributed by atoms with Crippen molar-refractivity contribution in [3.63, 3.8) is 0 Å². The molecule has 0 saturated heterocycles. The number of nitrogens with one attached hydrogen (secondary N) is 2. The van der Waals surface area contributed by atoms with E-state index in [9.17, 15) is 0 Å². The summed E-state index contributed by atoms with van der Waals surface area (Å²) in [6.07, 6.45) is 1.71. The third-order valence-electron chi connectivity index (χ3n) is 2.23. The van der Waals surface area contributed by atoms with Gasteiger partial charge in [0.1, 0.15) is 5.82 Å². The SMILES string of the molecule is Cc1cnc(NN)nc1Nc1ccccc1Br. The van der Waals surface area contributed by atoms with Crippen molar-refractivity contribution in [1.29, 1.82) is 0 Å². The van der Waals surface area contributed by atoms with Gasteiger partial charge in [-0.15, -0.1) is 0 Å². The van der Waals surface area contributed by atoms with Gasteiger partial charge in [0.25, 0.3) is 0 Å². The van der Waals surface area contributed by atoms with Crippen molar-refractivity contribution in [1.82, 2.24) is 9.97 Å². The third-order valence-corrected chi connectivity index (χ3v) is 2.92. The average molecular weight is 294 g/mol. The van der Waals surface area contributed by atoms with Gasteiger partial charge in [0, 0.05) is 16.2 Å². The molecule has 1 heterocycles. The molecule has 0 aliphatic heterocycles. The molecule has 0 atom stereocenters. The van der Waals surface area contributed by atoms with Crippen LogP contribution in [0.5, 0.6) is 0 Å². The molecule has 0 saturated carbocycles. The Balaban J connectivity index is 2.32. The molecule has 2 aromatic rings. The lowest BCUT2D eigenvalue weighted by molar-refractivity contribution is 1.09. The second kappa shape index (κ2) is 5.11. The first-order valence-electron chi connectivity index (χ1n) is 5.02. The molecule has 1 aromatic heterocycles. The predicted molar refractivity (Wildman–Crippen MR) is 72.0 cm³/mol. The summed E-state index contributed by atoms with van der Waals surface area (Å²) in [6.45, 7) is 1.93. The Morgan fingerprint density at radius 3 is 2.76 bits per heavy atom. The van der Waals surface area contributed by atoms with Crippen molar-refractivity contribution in [3.8, 4) is 0 Å². The number of nitrogen functional groups attached to an aromatic ring is 1. The van der Waals surface area contributed by atoms with Crippen LogP contribution in [0.2, 0.25) is 0 Å². The summed E-state index contributed by atoms with van der Waals surface area (Å²) in [7, 11) is 0. The van der Waals surface area contributed by atoms with E-state index in [1.54, 1.807) is 6.20 Å². The highest BCUT2D eigenvalue weighted by Gasteiger charge is 2.05.